The summed E-state index contributed by atoms with van der Waals surface area (Å²) in [4.78, 5) is 10.8. The maximum absolute atomic E-state index is 10.8. The van der Waals surface area contributed by atoms with Crippen LogP contribution in [0.2, 0.25) is 0 Å². The Balaban J connectivity index is 2.29. The molecular weight excluding hydrogens is 218 g/mol. The number of nitrogens with one attached hydrogen (secondary N) is 1. The van der Waals surface area contributed by atoms with E-state index in [-0.39, 0.29) is 5.41 Å². The molecule has 2 N–H and O–H groups in total. The van der Waals surface area contributed by atoms with Crippen LogP contribution < -0.4 is 10.1 Å². The number of hydrogen-bond donors (Lipinski definition) is 2. The van der Waals surface area contributed by atoms with Gasteiger partial charge in [-0.3, -0.25) is 0 Å². The molecule has 4 heteroatoms. The first-order valence-electron chi connectivity index (χ1n) is 5.66. The van der Waals surface area contributed by atoms with E-state index in [1.54, 1.807) is 0 Å². The van der Waals surface area contributed by atoms with Gasteiger partial charge in [0.15, 0.2) is 0 Å². The van der Waals surface area contributed by atoms with Crippen LogP contribution in [0.3, 0.4) is 0 Å². The second-order valence-electron chi connectivity index (χ2n) is 5.29. The number of aliphatic carboxylic acids is 1. The van der Waals surface area contributed by atoms with Gasteiger partial charge < -0.3 is 15.2 Å². The van der Waals surface area contributed by atoms with Gasteiger partial charge in [-0.05, 0) is 23.1 Å². The highest BCUT2D eigenvalue weighted by Gasteiger charge is 2.26. The summed E-state index contributed by atoms with van der Waals surface area (Å²) in [6.45, 7) is 6.71. The van der Waals surface area contributed by atoms with Gasteiger partial charge in [0.05, 0.1) is 12.2 Å². The first kappa shape index (κ1) is 11.8. The van der Waals surface area contributed by atoms with E-state index >= 15 is 0 Å². The van der Waals surface area contributed by atoms with Gasteiger partial charge in [0.2, 0.25) is 6.10 Å². The summed E-state index contributed by atoms with van der Waals surface area (Å²) < 4.78 is 5.40. The van der Waals surface area contributed by atoms with Gasteiger partial charge in [0.25, 0.3) is 0 Å². The van der Waals surface area contributed by atoms with Crippen molar-refractivity contribution in [3.05, 3.63) is 23.8 Å². The van der Waals surface area contributed by atoms with Crippen molar-refractivity contribution >= 4 is 11.7 Å². The zero-order valence-electron chi connectivity index (χ0n) is 10.3. The summed E-state index contributed by atoms with van der Waals surface area (Å²) in [7, 11) is 0. The largest absolute Gasteiger partial charge is 0.478 e. The molecular formula is C13H17NO3. The van der Waals surface area contributed by atoms with Crippen molar-refractivity contribution in [2.24, 2.45) is 0 Å². The van der Waals surface area contributed by atoms with E-state index in [1.165, 1.54) is 5.56 Å². The van der Waals surface area contributed by atoms with E-state index in [0.29, 0.717) is 12.3 Å². The predicted octanol–water partition coefficient (Wildman–Crippen LogP) is 2.24. The van der Waals surface area contributed by atoms with Crippen LogP contribution in [0.5, 0.6) is 5.75 Å². The van der Waals surface area contributed by atoms with Crippen molar-refractivity contribution in [3.63, 3.8) is 0 Å². The maximum Gasteiger partial charge on any atom is 0.346 e. The third kappa shape index (κ3) is 2.35. The normalized spacial score (nSPS) is 18.9. The lowest BCUT2D eigenvalue weighted by atomic mass is 9.86. The van der Waals surface area contributed by atoms with Gasteiger partial charge in [-0.25, -0.2) is 4.79 Å². The van der Waals surface area contributed by atoms with Crippen LogP contribution >= 0.6 is 0 Å². The monoisotopic (exact) mass is 235 g/mol. The number of carbonyl (C=O) groups is 1. The average molecular weight is 235 g/mol. The van der Waals surface area contributed by atoms with Gasteiger partial charge in [0, 0.05) is 0 Å². The fourth-order valence-electron chi connectivity index (χ4n) is 1.77. The van der Waals surface area contributed by atoms with Crippen LogP contribution in [0.15, 0.2) is 18.2 Å². The Kier molecular flexibility index (Phi) is 2.73. The molecule has 0 saturated heterocycles. The topological polar surface area (TPSA) is 58.6 Å². The van der Waals surface area contributed by atoms with E-state index in [4.69, 9.17) is 9.84 Å². The molecule has 0 aliphatic carbocycles. The Morgan fingerprint density at radius 3 is 2.76 bits per heavy atom. The molecule has 1 atom stereocenters. The van der Waals surface area contributed by atoms with Crippen molar-refractivity contribution in [2.75, 3.05) is 11.9 Å². The Hall–Kier alpha value is -1.71. The number of benzene rings is 1. The number of carboxylic acid groups (broad SMARTS) is 1. The van der Waals surface area contributed by atoms with E-state index in [1.807, 2.05) is 18.2 Å². The van der Waals surface area contributed by atoms with Crippen molar-refractivity contribution in [1.29, 1.82) is 0 Å². The fraction of sp³-hybridized carbons (Fsp3) is 0.462. The molecule has 1 unspecified atom stereocenters. The highest BCUT2D eigenvalue weighted by molar-refractivity contribution is 5.76. The molecule has 0 saturated carbocycles. The van der Waals surface area contributed by atoms with E-state index < -0.39 is 12.1 Å². The molecule has 92 valence electrons. The van der Waals surface area contributed by atoms with Crippen LogP contribution in [0.25, 0.3) is 0 Å². The Bertz CT molecular complexity index is 448. The highest BCUT2D eigenvalue weighted by atomic mass is 16.5. The minimum Gasteiger partial charge on any atom is -0.478 e. The predicted molar refractivity (Wildman–Crippen MR) is 65.7 cm³/mol. The van der Waals surface area contributed by atoms with Crippen LogP contribution in [-0.2, 0) is 10.2 Å². The number of ether oxygens (including phenoxy) is 1. The fourth-order valence-corrected chi connectivity index (χ4v) is 1.77. The molecule has 1 aromatic carbocycles. The first-order chi connectivity index (χ1) is 7.88. The summed E-state index contributed by atoms with van der Waals surface area (Å²) in [5, 5.41) is 12.0. The molecule has 4 nitrogen and oxygen atoms in total. The zero-order valence-corrected chi connectivity index (χ0v) is 10.3. The third-order valence-corrected chi connectivity index (χ3v) is 2.87. The molecule has 0 aromatic heterocycles. The molecule has 0 amide bonds. The maximum atomic E-state index is 10.8. The summed E-state index contributed by atoms with van der Waals surface area (Å²) in [6.07, 6.45) is -0.803. The van der Waals surface area contributed by atoms with Crippen LogP contribution in [0.4, 0.5) is 5.69 Å². The lowest BCUT2D eigenvalue weighted by Crippen LogP contribution is -2.37. The molecule has 0 bridgehead atoms. The van der Waals surface area contributed by atoms with Gasteiger partial charge in [0.1, 0.15) is 5.75 Å². The zero-order chi connectivity index (χ0) is 12.6. The lowest BCUT2D eigenvalue weighted by molar-refractivity contribution is -0.144. The summed E-state index contributed by atoms with van der Waals surface area (Å²) in [5.41, 5.74) is 2.14. The lowest BCUT2D eigenvalue weighted by Gasteiger charge is -2.27. The Labute approximate surface area is 101 Å². The standard InChI is InChI=1S/C13H17NO3/c1-13(2,3)8-4-5-10-9(6-8)14-7-11(17-10)12(15)16/h4-6,11,14H,7H2,1-3H3,(H,15,16). The van der Waals surface area contributed by atoms with Crippen molar-refractivity contribution in [1.82, 2.24) is 0 Å². The minimum absolute atomic E-state index is 0.0698. The molecule has 0 spiro atoms. The summed E-state index contributed by atoms with van der Waals surface area (Å²) in [6, 6.07) is 5.83. The molecule has 1 aliphatic heterocycles. The van der Waals surface area contributed by atoms with Gasteiger partial charge in [-0.15, -0.1) is 0 Å². The number of anilines is 1. The Morgan fingerprint density at radius 1 is 1.47 bits per heavy atom. The molecule has 1 aliphatic rings. The molecule has 2 rings (SSSR count). The van der Waals surface area contributed by atoms with Gasteiger partial charge in [-0.2, -0.15) is 0 Å². The van der Waals surface area contributed by atoms with E-state index in [0.717, 1.165) is 5.69 Å². The number of fused-ring (bicyclic) bond motifs is 1. The van der Waals surface area contributed by atoms with Crippen molar-refractivity contribution in [3.8, 4) is 5.75 Å². The molecule has 0 radical (unpaired) electrons. The third-order valence-electron chi connectivity index (χ3n) is 2.87. The number of carboxylic acids is 1. The van der Waals surface area contributed by atoms with Crippen molar-refractivity contribution < 1.29 is 14.6 Å². The second-order valence-corrected chi connectivity index (χ2v) is 5.29. The van der Waals surface area contributed by atoms with Crippen molar-refractivity contribution in [2.45, 2.75) is 32.3 Å². The molecule has 0 fully saturated rings. The van der Waals surface area contributed by atoms with Crippen LogP contribution in [0.1, 0.15) is 26.3 Å². The van der Waals surface area contributed by atoms with Crippen LogP contribution in [-0.4, -0.2) is 23.7 Å². The molecule has 17 heavy (non-hydrogen) atoms. The SMILES string of the molecule is CC(C)(C)c1ccc2c(c1)NCC(C(=O)O)O2. The molecule has 1 heterocycles. The second kappa shape index (κ2) is 3.95. The summed E-state index contributed by atoms with van der Waals surface area (Å²) >= 11 is 0. The number of hydrogen-bond acceptors (Lipinski definition) is 3. The quantitative estimate of drug-likeness (QED) is 0.783. The first-order valence-corrected chi connectivity index (χ1v) is 5.66. The van der Waals surface area contributed by atoms with E-state index in [2.05, 4.69) is 26.1 Å². The smallest absolute Gasteiger partial charge is 0.346 e. The molecule has 1 aromatic rings. The Morgan fingerprint density at radius 2 is 2.18 bits per heavy atom. The van der Waals surface area contributed by atoms with Gasteiger partial charge in [-0.1, -0.05) is 26.8 Å². The van der Waals surface area contributed by atoms with E-state index in [9.17, 15) is 4.79 Å². The number of rotatable bonds is 1. The van der Waals surface area contributed by atoms with Crippen LogP contribution in [0, 0.1) is 0 Å². The minimum atomic E-state index is -0.942. The summed E-state index contributed by atoms with van der Waals surface area (Å²) in [5.74, 6) is -0.334. The van der Waals surface area contributed by atoms with Gasteiger partial charge >= 0.3 is 5.97 Å². The average Bonchev–Trinajstić information content (AvgIpc) is 2.26. The highest BCUT2D eigenvalue weighted by Crippen LogP contribution is 2.34.